The largest absolute Gasteiger partial charge is 0.454 e. The third kappa shape index (κ3) is 2.33. The van der Waals surface area contributed by atoms with Crippen molar-refractivity contribution in [3.05, 3.63) is 34.5 Å². The van der Waals surface area contributed by atoms with Gasteiger partial charge in [-0.05, 0) is 6.07 Å². The molecule has 0 amide bonds. The van der Waals surface area contributed by atoms with Gasteiger partial charge >= 0.3 is 0 Å². The molecule has 0 spiro atoms. The van der Waals surface area contributed by atoms with E-state index in [1.165, 1.54) is 18.3 Å². The van der Waals surface area contributed by atoms with Gasteiger partial charge in [-0.1, -0.05) is 0 Å². The predicted molar refractivity (Wildman–Crippen MR) is 68.6 cm³/mol. The van der Waals surface area contributed by atoms with Gasteiger partial charge in [-0.15, -0.1) is 0 Å². The quantitative estimate of drug-likeness (QED) is 0.630. The van der Waals surface area contributed by atoms with Crippen molar-refractivity contribution in [1.82, 2.24) is 10.2 Å². The van der Waals surface area contributed by atoms with Crippen molar-refractivity contribution in [3.8, 4) is 11.5 Å². The Hall–Kier alpha value is -2.82. The van der Waals surface area contributed by atoms with Crippen molar-refractivity contribution in [3.63, 3.8) is 0 Å². The normalized spacial score (nSPS) is 13.1. The summed E-state index contributed by atoms with van der Waals surface area (Å²) < 4.78 is 36.4. The number of aromatic nitrogens is 2. The van der Waals surface area contributed by atoms with Gasteiger partial charge in [-0.2, -0.15) is 13.5 Å². The maximum Gasteiger partial charge on any atom is 0.297 e. The minimum Gasteiger partial charge on any atom is -0.454 e. The molecule has 3 rings (SSSR count). The zero-order valence-electron chi connectivity index (χ0n) is 10.3. The number of nitro groups is 1. The Kier molecular flexibility index (Phi) is 2.90. The van der Waals surface area contributed by atoms with E-state index in [-0.39, 0.29) is 29.0 Å². The third-order valence-corrected chi connectivity index (χ3v) is 3.99. The number of fused-ring (bicyclic) bond motifs is 1. The molecule has 11 heteroatoms. The van der Waals surface area contributed by atoms with Gasteiger partial charge in [0.05, 0.1) is 17.2 Å². The van der Waals surface area contributed by atoms with Crippen LogP contribution in [0.15, 0.2) is 29.4 Å². The van der Waals surface area contributed by atoms with Crippen molar-refractivity contribution in [2.45, 2.75) is 5.03 Å². The number of benzene rings is 1. The van der Waals surface area contributed by atoms with Crippen LogP contribution in [0.1, 0.15) is 0 Å². The van der Waals surface area contributed by atoms with Crippen LogP contribution in [0, 0.1) is 10.1 Å². The van der Waals surface area contributed by atoms with E-state index in [0.29, 0.717) is 0 Å². The zero-order chi connectivity index (χ0) is 15.0. The number of anilines is 1. The van der Waals surface area contributed by atoms with Crippen LogP contribution in [0.2, 0.25) is 0 Å². The van der Waals surface area contributed by atoms with Gasteiger partial charge in [0.1, 0.15) is 5.69 Å². The number of sulfonamides is 1. The van der Waals surface area contributed by atoms with Crippen LogP contribution in [-0.4, -0.2) is 30.3 Å². The van der Waals surface area contributed by atoms with Crippen molar-refractivity contribution < 1.29 is 22.8 Å². The molecule has 2 N–H and O–H groups in total. The van der Waals surface area contributed by atoms with Gasteiger partial charge in [-0.3, -0.25) is 19.9 Å². The smallest absolute Gasteiger partial charge is 0.297 e. The molecule has 1 aromatic carbocycles. The summed E-state index contributed by atoms with van der Waals surface area (Å²) in [6.07, 6.45) is 1.25. The number of hydrogen-bond acceptors (Lipinski definition) is 7. The van der Waals surface area contributed by atoms with E-state index in [9.17, 15) is 18.5 Å². The molecule has 0 saturated carbocycles. The molecule has 2 heterocycles. The maximum absolute atomic E-state index is 12.1. The fraction of sp³-hybridized carbons (Fsp3) is 0.100. The summed E-state index contributed by atoms with van der Waals surface area (Å²) in [7, 11) is -4.01. The predicted octanol–water partition coefficient (Wildman–Crippen LogP) is 0.847. The first-order valence-corrected chi connectivity index (χ1v) is 7.06. The number of nitrogens with one attached hydrogen (secondary N) is 2. The number of nitrogens with zero attached hydrogens (tertiary/aromatic N) is 2. The first-order chi connectivity index (χ1) is 9.97. The fourth-order valence-corrected chi connectivity index (χ4v) is 2.73. The molecule has 0 fully saturated rings. The van der Waals surface area contributed by atoms with E-state index in [4.69, 9.17) is 9.47 Å². The summed E-state index contributed by atoms with van der Waals surface area (Å²) in [4.78, 5) is 10.3. The molecule has 21 heavy (non-hydrogen) atoms. The Morgan fingerprint density at radius 1 is 1.33 bits per heavy atom. The van der Waals surface area contributed by atoms with Gasteiger partial charge in [0.15, 0.2) is 16.5 Å². The maximum atomic E-state index is 12.1. The Balaban J connectivity index is 2.04. The van der Waals surface area contributed by atoms with E-state index in [1.807, 2.05) is 0 Å². The molecular weight excluding hydrogens is 304 g/mol. The lowest BCUT2D eigenvalue weighted by Gasteiger charge is -2.07. The van der Waals surface area contributed by atoms with Crippen molar-refractivity contribution in [2.24, 2.45) is 0 Å². The van der Waals surface area contributed by atoms with Crippen LogP contribution < -0.4 is 14.2 Å². The highest BCUT2D eigenvalue weighted by atomic mass is 32.2. The molecule has 0 bridgehead atoms. The van der Waals surface area contributed by atoms with Crippen molar-refractivity contribution >= 4 is 21.4 Å². The summed E-state index contributed by atoms with van der Waals surface area (Å²) in [6.45, 7) is -0.0801. The van der Waals surface area contributed by atoms with Gasteiger partial charge in [0.25, 0.3) is 15.7 Å². The number of ether oxygens (including phenoxy) is 2. The topological polar surface area (TPSA) is 136 Å². The Bertz CT molecular complexity index is 801. The average Bonchev–Trinajstić information content (AvgIpc) is 3.08. The van der Waals surface area contributed by atoms with Crippen LogP contribution >= 0.6 is 0 Å². The molecule has 0 atom stereocenters. The Morgan fingerprint density at radius 2 is 2.05 bits per heavy atom. The SMILES string of the molecule is O=[N+]([O-])c1cc2c(cc1NS(=O)(=O)c1ccn[nH]1)OCO2. The number of nitro benzene ring substituents is 1. The lowest BCUT2D eigenvalue weighted by atomic mass is 10.2. The molecule has 2 aromatic rings. The summed E-state index contributed by atoms with van der Waals surface area (Å²) in [5.41, 5.74) is -0.666. The molecule has 0 unspecified atom stereocenters. The summed E-state index contributed by atoms with van der Waals surface area (Å²) >= 11 is 0. The fourth-order valence-electron chi connectivity index (χ4n) is 1.76. The molecule has 10 nitrogen and oxygen atoms in total. The lowest BCUT2D eigenvalue weighted by Crippen LogP contribution is -2.14. The van der Waals surface area contributed by atoms with E-state index in [2.05, 4.69) is 14.9 Å². The highest BCUT2D eigenvalue weighted by Crippen LogP contribution is 2.41. The van der Waals surface area contributed by atoms with Crippen LogP contribution in [0.4, 0.5) is 11.4 Å². The first kappa shape index (κ1) is 13.2. The van der Waals surface area contributed by atoms with Crippen LogP contribution in [0.5, 0.6) is 11.5 Å². The molecule has 110 valence electrons. The van der Waals surface area contributed by atoms with Crippen LogP contribution in [-0.2, 0) is 10.0 Å². The third-order valence-electron chi connectivity index (χ3n) is 2.70. The number of rotatable bonds is 4. The number of hydrogen-bond donors (Lipinski definition) is 2. The van der Waals surface area contributed by atoms with E-state index >= 15 is 0 Å². The van der Waals surface area contributed by atoms with Gasteiger partial charge in [0, 0.05) is 6.07 Å². The standard InChI is InChI=1S/C10H8N4O6S/c15-14(16)7-4-9-8(19-5-20-9)3-6(7)13-21(17,18)10-1-2-11-12-10/h1-4,13H,5H2,(H,11,12). The highest BCUT2D eigenvalue weighted by molar-refractivity contribution is 7.92. The number of aromatic amines is 1. The molecule has 0 saturated heterocycles. The molecular formula is C10H8N4O6S. The van der Waals surface area contributed by atoms with E-state index in [1.54, 1.807) is 0 Å². The summed E-state index contributed by atoms with van der Waals surface area (Å²) in [5, 5.41) is 16.6. The minimum atomic E-state index is -4.01. The summed E-state index contributed by atoms with van der Waals surface area (Å²) in [5.74, 6) is 0.411. The zero-order valence-corrected chi connectivity index (χ0v) is 11.1. The molecule has 0 aliphatic carbocycles. The highest BCUT2D eigenvalue weighted by Gasteiger charge is 2.27. The Labute approximate surface area is 117 Å². The second-order valence-corrected chi connectivity index (χ2v) is 5.66. The van der Waals surface area contributed by atoms with Crippen molar-refractivity contribution in [1.29, 1.82) is 0 Å². The van der Waals surface area contributed by atoms with Gasteiger partial charge in [-0.25, -0.2) is 0 Å². The molecule has 1 aliphatic rings. The number of H-pyrrole nitrogens is 1. The minimum absolute atomic E-state index is 0.0801. The first-order valence-electron chi connectivity index (χ1n) is 5.57. The molecule has 1 aromatic heterocycles. The average molecular weight is 312 g/mol. The second-order valence-electron chi connectivity index (χ2n) is 4.01. The monoisotopic (exact) mass is 312 g/mol. The second kappa shape index (κ2) is 4.63. The van der Waals surface area contributed by atoms with E-state index < -0.39 is 20.6 Å². The van der Waals surface area contributed by atoms with Gasteiger partial charge in [0.2, 0.25) is 6.79 Å². The lowest BCUT2D eigenvalue weighted by molar-refractivity contribution is -0.383. The van der Waals surface area contributed by atoms with Crippen LogP contribution in [0.25, 0.3) is 0 Å². The van der Waals surface area contributed by atoms with Crippen LogP contribution in [0.3, 0.4) is 0 Å². The molecule has 1 aliphatic heterocycles. The van der Waals surface area contributed by atoms with E-state index in [0.717, 1.165) is 6.07 Å². The van der Waals surface area contributed by atoms with Gasteiger partial charge < -0.3 is 9.47 Å². The molecule has 0 radical (unpaired) electrons. The van der Waals surface area contributed by atoms with Crippen molar-refractivity contribution in [2.75, 3.05) is 11.5 Å². The Morgan fingerprint density at radius 3 is 2.67 bits per heavy atom. The summed E-state index contributed by atoms with van der Waals surface area (Å²) in [6, 6.07) is 3.53.